The van der Waals surface area contributed by atoms with Crippen molar-refractivity contribution in [3.05, 3.63) is 71.4 Å². The van der Waals surface area contributed by atoms with E-state index in [2.05, 4.69) is 40.5 Å². The molecule has 0 saturated carbocycles. The highest BCUT2D eigenvalue weighted by molar-refractivity contribution is 6.03. The van der Waals surface area contributed by atoms with Gasteiger partial charge in [0.25, 0.3) is 5.91 Å². The molecule has 1 aromatic carbocycles. The van der Waals surface area contributed by atoms with Crippen LogP contribution in [-0.2, 0) is 9.59 Å². The number of piperidine rings is 3. The Hall–Kier alpha value is -4.82. The Bertz CT molecular complexity index is 1660. The number of allylic oxidation sites excluding steroid dienone is 1. The lowest BCUT2D eigenvalue weighted by Crippen LogP contribution is -2.62. The Morgan fingerprint density at radius 3 is 2.49 bits per heavy atom. The lowest BCUT2D eigenvalue weighted by atomic mass is 9.94. The van der Waals surface area contributed by atoms with Crippen LogP contribution in [0.5, 0.6) is 5.75 Å². The number of amides is 3. The number of fused-ring (bicyclic) bond motifs is 1. The molecular weight excluding hydrogens is 648 g/mol. The molecule has 2 atom stereocenters. The molecule has 0 bridgehead atoms. The van der Waals surface area contributed by atoms with Gasteiger partial charge >= 0.3 is 0 Å². The molecule has 2 aromatic rings. The first-order chi connectivity index (χ1) is 24.7. The molecule has 0 radical (unpaired) electrons. The summed E-state index contributed by atoms with van der Waals surface area (Å²) in [6.45, 7) is 8.95. The highest BCUT2D eigenvalue weighted by Gasteiger charge is 2.36. The fraction of sp³-hybridized carbons (Fsp3) is 0.514. The summed E-state index contributed by atoms with van der Waals surface area (Å²) in [7, 11) is 0. The quantitative estimate of drug-likeness (QED) is 0.213. The second kappa shape index (κ2) is 15.2. The summed E-state index contributed by atoms with van der Waals surface area (Å²) in [4.78, 5) is 50.4. The van der Waals surface area contributed by atoms with Gasteiger partial charge in [-0.15, -0.1) is 0 Å². The largest absolute Gasteiger partial charge is 0.507 e. The first-order valence-electron chi connectivity index (χ1n) is 18.3. The molecule has 3 amide bonds. The predicted molar refractivity (Wildman–Crippen MR) is 194 cm³/mol. The van der Waals surface area contributed by atoms with Crippen LogP contribution >= 0.6 is 0 Å². The zero-order valence-corrected chi connectivity index (χ0v) is 29.1. The van der Waals surface area contributed by atoms with Crippen molar-refractivity contribution in [2.45, 2.75) is 56.7 Å². The van der Waals surface area contributed by atoms with E-state index in [1.54, 1.807) is 24.4 Å². The van der Waals surface area contributed by atoms with Crippen molar-refractivity contribution >= 4 is 29.1 Å². The molecule has 272 valence electrons. The number of hydrogen-bond acceptors (Lipinski definition) is 12. The standard InChI is InChI=1S/C37H50N10O4/c38-29(28-3-1-2-4-33(28)48)19-32-35(39)41-21-27-23-46(17-18-47(27)32)25-11-13-44(14-12-25)22-24-9-15-45(16-10-24)26-5-6-30(40-20-26)36(50)42-31-7-8-34(49)43-37(31)51/h1-6,19-20,24-25,27,31,41,48H,7-18,21-23,38-39H2,(H,42,50)(H,43,49,51)/b29-19-. The van der Waals surface area contributed by atoms with Gasteiger partial charge in [0, 0.05) is 69.5 Å². The molecule has 51 heavy (non-hydrogen) atoms. The number of aromatic nitrogens is 1. The molecule has 0 aliphatic carbocycles. The van der Waals surface area contributed by atoms with Crippen LogP contribution in [0.15, 0.2) is 60.2 Å². The Labute approximate surface area is 298 Å². The van der Waals surface area contributed by atoms with Gasteiger partial charge in [-0.3, -0.25) is 24.6 Å². The number of carbonyl (C=O) groups excluding carboxylic acids is 3. The second-order valence-corrected chi connectivity index (χ2v) is 14.5. The number of para-hydroxylation sites is 1. The molecule has 4 saturated heterocycles. The molecule has 8 N–H and O–H groups in total. The van der Waals surface area contributed by atoms with E-state index in [0.29, 0.717) is 41.5 Å². The number of nitrogens with zero attached hydrogens (tertiary/aromatic N) is 5. The van der Waals surface area contributed by atoms with Gasteiger partial charge in [0.2, 0.25) is 11.8 Å². The van der Waals surface area contributed by atoms with Crippen LogP contribution in [0.3, 0.4) is 0 Å². The number of hydrogen-bond donors (Lipinski definition) is 6. The summed E-state index contributed by atoms with van der Waals surface area (Å²) >= 11 is 0. The van der Waals surface area contributed by atoms with Gasteiger partial charge in [0.1, 0.15) is 23.3 Å². The first-order valence-corrected chi connectivity index (χ1v) is 18.3. The Morgan fingerprint density at radius 2 is 1.76 bits per heavy atom. The highest BCUT2D eigenvalue weighted by Crippen LogP contribution is 2.30. The topological polar surface area (TPSA) is 185 Å². The van der Waals surface area contributed by atoms with Crippen LogP contribution in [0.4, 0.5) is 5.69 Å². The number of aromatic hydroxyl groups is 1. The molecule has 6 heterocycles. The van der Waals surface area contributed by atoms with Crippen molar-refractivity contribution < 1.29 is 19.5 Å². The minimum absolute atomic E-state index is 0.159. The average molecular weight is 699 g/mol. The van der Waals surface area contributed by atoms with Crippen molar-refractivity contribution in [1.29, 1.82) is 0 Å². The first kappa shape index (κ1) is 34.6. The molecule has 5 aliphatic rings. The van der Waals surface area contributed by atoms with Crippen LogP contribution in [0, 0.1) is 5.92 Å². The maximum absolute atomic E-state index is 12.6. The summed E-state index contributed by atoms with van der Waals surface area (Å²) in [6, 6.07) is 10.9. The zero-order chi connectivity index (χ0) is 35.5. The fourth-order valence-electron chi connectivity index (χ4n) is 8.26. The second-order valence-electron chi connectivity index (χ2n) is 14.5. The Kier molecular flexibility index (Phi) is 10.3. The van der Waals surface area contributed by atoms with Gasteiger partial charge < -0.3 is 41.9 Å². The molecule has 5 aliphatic heterocycles. The molecule has 1 aromatic heterocycles. The number of phenolic OH excluding ortho intramolecular Hbond substituents is 1. The number of carbonyl (C=O) groups is 3. The Morgan fingerprint density at radius 1 is 0.980 bits per heavy atom. The van der Waals surface area contributed by atoms with E-state index in [9.17, 15) is 19.5 Å². The smallest absolute Gasteiger partial charge is 0.270 e. The average Bonchev–Trinajstić information content (AvgIpc) is 3.14. The minimum Gasteiger partial charge on any atom is -0.507 e. The van der Waals surface area contributed by atoms with E-state index in [4.69, 9.17) is 11.5 Å². The van der Waals surface area contributed by atoms with Crippen molar-refractivity contribution in [3.63, 3.8) is 0 Å². The van der Waals surface area contributed by atoms with Crippen LogP contribution in [0.25, 0.3) is 5.70 Å². The van der Waals surface area contributed by atoms with Crippen LogP contribution in [-0.4, -0.2) is 120 Å². The maximum Gasteiger partial charge on any atom is 0.270 e. The monoisotopic (exact) mass is 698 g/mol. The van der Waals surface area contributed by atoms with Gasteiger partial charge in [0.15, 0.2) is 0 Å². The molecule has 14 nitrogen and oxygen atoms in total. The highest BCUT2D eigenvalue weighted by atomic mass is 16.3. The number of piperazine rings is 1. The van der Waals surface area contributed by atoms with Crippen molar-refractivity contribution in [2.24, 2.45) is 17.4 Å². The van der Waals surface area contributed by atoms with E-state index in [-0.39, 0.29) is 23.8 Å². The van der Waals surface area contributed by atoms with E-state index in [1.807, 2.05) is 24.3 Å². The predicted octanol–water partition coefficient (Wildman–Crippen LogP) is 0.720. The van der Waals surface area contributed by atoms with Gasteiger partial charge in [-0.2, -0.15) is 0 Å². The zero-order valence-electron chi connectivity index (χ0n) is 29.1. The van der Waals surface area contributed by atoms with Gasteiger partial charge in [0.05, 0.1) is 23.6 Å². The van der Waals surface area contributed by atoms with Gasteiger partial charge in [-0.25, -0.2) is 4.98 Å². The SMILES string of the molecule is NC1=C(/C=C(\N)c2ccccc2O)N2CCN(C3CCN(CC4CCN(c5ccc(C(=O)NC6CCC(=O)NC6=O)nc5)CC4)CC3)CC2CN1. The third kappa shape index (κ3) is 7.91. The van der Waals surface area contributed by atoms with E-state index < -0.39 is 17.9 Å². The van der Waals surface area contributed by atoms with Crippen molar-refractivity contribution in [3.8, 4) is 5.75 Å². The summed E-state index contributed by atoms with van der Waals surface area (Å²) in [6.07, 6.45) is 8.74. The van der Waals surface area contributed by atoms with E-state index >= 15 is 0 Å². The lowest BCUT2D eigenvalue weighted by Gasteiger charge is -2.49. The van der Waals surface area contributed by atoms with Crippen LogP contribution in [0.2, 0.25) is 0 Å². The number of phenols is 1. The number of imide groups is 1. The fourth-order valence-corrected chi connectivity index (χ4v) is 8.26. The number of nitrogens with two attached hydrogens (primary N) is 2. The van der Waals surface area contributed by atoms with E-state index in [0.717, 1.165) is 83.1 Å². The van der Waals surface area contributed by atoms with E-state index in [1.165, 1.54) is 12.8 Å². The number of pyridine rings is 1. The maximum atomic E-state index is 12.6. The summed E-state index contributed by atoms with van der Waals surface area (Å²) in [5, 5.41) is 18.6. The van der Waals surface area contributed by atoms with Crippen molar-refractivity contribution in [1.82, 2.24) is 35.6 Å². The molecule has 2 unspecified atom stereocenters. The van der Waals surface area contributed by atoms with Crippen LogP contribution in [0.1, 0.15) is 54.6 Å². The molecule has 4 fully saturated rings. The lowest BCUT2D eigenvalue weighted by molar-refractivity contribution is -0.134. The van der Waals surface area contributed by atoms with Crippen molar-refractivity contribution in [2.75, 3.05) is 63.8 Å². The minimum atomic E-state index is -0.718. The molecule has 7 rings (SSSR count). The van der Waals surface area contributed by atoms with Gasteiger partial charge in [-0.05, 0) is 81.5 Å². The third-order valence-electron chi connectivity index (χ3n) is 11.2. The van der Waals surface area contributed by atoms with Crippen LogP contribution < -0.4 is 32.3 Å². The summed E-state index contributed by atoms with van der Waals surface area (Å²) < 4.78 is 0. The number of benzene rings is 1. The normalized spacial score (nSPS) is 24.6. The third-order valence-corrected chi connectivity index (χ3v) is 11.2. The molecular formula is C37H50N10O4. The number of anilines is 1. The molecule has 0 spiro atoms. The summed E-state index contributed by atoms with van der Waals surface area (Å²) in [5.41, 5.74) is 16.1. The number of rotatable bonds is 8. The molecule has 14 heteroatoms. The Balaban J connectivity index is 0.839. The van der Waals surface area contributed by atoms with Gasteiger partial charge in [-0.1, -0.05) is 12.1 Å². The number of nitrogens with one attached hydrogen (secondary N) is 3. The number of likely N-dealkylation sites (tertiary alicyclic amines) is 1. The summed E-state index contributed by atoms with van der Waals surface area (Å²) in [5.74, 6) is 0.248.